The summed E-state index contributed by atoms with van der Waals surface area (Å²) >= 11 is 0. The van der Waals surface area contributed by atoms with Crippen molar-refractivity contribution in [2.24, 2.45) is 0 Å². The van der Waals surface area contributed by atoms with E-state index in [2.05, 4.69) is 5.32 Å². The van der Waals surface area contributed by atoms with Crippen molar-refractivity contribution < 1.29 is 31.2 Å². The smallest absolute Gasteiger partial charge is 0.251 e. The van der Waals surface area contributed by atoms with Gasteiger partial charge in [-0.25, -0.2) is 21.6 Å². The molecule has 1 N–H and O–H groups in total. The molecule has 1 aliphatic rings. The number of benzene rings is 2. The Hall–Kier alpha value is -2.92. The highest BCUT2D eigenvalue weighted by Crippen LogP contribution is 2.23. The highest BCUT2D eigenvalue weighted by Gasteiger charge is 2.34. The minimum Gasteiger partial charge on any atom is -0.343 e. The van der Waals surface area contributed by atoms with Crippen LogP contribution in [0.4, 0.5) is 13.2 Å². The number of nitrogens with one attached hydrogen (secondary N) is 1. The molecule has 2 aromatic rings. The van der Waals surface area contributed by atoms with Crippen LogP contribution < -0.4 is 5.32 Å². The average Bonchev–Trinajstić information content (AvgIpc) is 2.71. The number of piperazine rings is 1. The van der Waals surface area contributed by atoms with Gasteiger partial charge in [0.1, 0.15) is 17.5 Å². The second-order valence-electron chi connectivity index (χ2n) is 6.53. The van der Waals surface area contributed by atoms with Gasteiger partial charge in [-0.1, -0.05) is 12.1 Å². The molecule has 0 saturated carbocycles. The van der Waals surface area contributed by atoms with Crippen molar-refractivity contribution in [3.8, 4) is 0 Å². The van der Waals surface area contributed by atoms with Gasteiger partial charge in [-0.3, -0.25) is 9.59 Å². The Morgan fingerprint density at radius 2 is 1.53 bits per heavy atom. The molecule has 7 nitrogen and oxygen atoms in total. The maximum absolute atomic E-state index is 13.9. The van der Waals surface area contributed by atoms with Crippen LogP contribution in [-0.2, 0) is 14.8 Å². The molecule has 1 saturated heterocycles. The largest absolute Gasteiger partial charge is 0.343 e. The maximum atomic E-state index is 13.9. The number of rotatable bonds is 5. The zero-order valence-corrected chi connectivity index (χ0v) is 16.5. The predicted octanol–water partition coefficient (Wildman–Crippen LogP) is 1.37. The first kappa shape index (κ1) is 21.8. The van der Waals surface area contributed by atoms with Gasteiger partial charge in [0, 0.05) is 31.7 Å². The van der Waals surface area contributed by atoms with Crippen molar-refractivity contribution >= 4 is 21.8 Å². The number of hydrogen-bond acceptors (Lipinski definition) is 4. The Bertz CT molecular complexity index is 1050. The van der Waals surface area contributed by atoms with Crippen molar-refractivity contribution in [1.29, 1.82) is 0 Å². The van der Waals surface area contributed by atoms with Gasteiger partial charge in [0.05, 0.1) is 6.54 Å². The molecule has 0 bridgehead atoms. The van der Waals surface area contributed by atoms with E-state index in [1.54, 1.807) is 0 Å². The molecule has 3 rings (SSSR count). The fourth-order valence-electron chi connectivity index (χ4n) is 3.04. The number of carbonyl (C=O) groups excluding carboxylic acids is 2. The summed E-state index contributed by atoms with van der Waals surface area (Å²) in [7, 11) is -4.40. The van der Waals surface area contributed by atoms with Crippen molar-refractivity contribution in [3.05, 3.63) is 65.5 Å². The van der Waals surface area contributed by atoms with Crippen molar-refractivity contribution in [3.63, 3.8) is 0 Å². The quantitative estimate of drug-likeness (QED) is 0.760. The standard InChI is InChI=1S/C19H18F3N3O4S/c20-14-4-1-3-13(11-14)19(27)23-12-17(26)24-7-9-25(10-8-24)30(28,29)18-15(21)5-2-6-16(18)22/h1-6,11H,7-10,12H2,(H,23,27). The highest BCUT2D eigenvalue weighted by molar-refractivity contribution is 7.89. The number of nitrogens with zero attached hydrogens (tertiary/aromatic N) is 2. The zero-order valence-electron chi connectivity index (χ0n) is 15.6. The lowest BCUT2D eigenvalue weighted by atomic mass is 10.2. The summed E-state index contributed by atoms with van der Waals surface area (Å²) in [6.45, 7) is -0.683. The second-order valence-corrected chi connectivity index (χ2v) is 8.40. The lowest BCUT2D eigenvalue weighted by molar-refractivity contribution is -0.131. The third-order valence-corrected chi connectivity index (χ3v) is 6.55. The Kier molecular flexibility index (Phi) is 6.42. The predicted molar refractivity (Wildman–Crippen MR) is 100 cm³/mol. The average molecular weight is 441 g/mol. The van der Waals surface area contributed by atoms with Crippen LogP contribution in [0.3, 0.4) is 0 Å². The summed E-state index contributed by atoms with van der Waals surface area (Å²) in [4.78, 5) is 24.6. The van der Waals surface area contributed by atoms with Crippen LogP contribution in [0.1, 0.15) is 10.4 Å². The van der Waals surface area contributed by atoms with Gasteiger partial charge in [0.15, 0.2) is 4.90 Å². The first-order valence-corrected chi connectivity index (χ1v) is 10.4. The lowest BCUT2D eigenvalue weighted by Gasteiger charge is -2.34. The fraction of sp³-hybridized carbons (Fsp3) is 0.263. The minimum absolute atomic E-state index is 0.00995. The summed E-state index contributed by atoms with van der Waals surface area (Å²) < 4.78 is 66.9. The van der Waals surface area contributed by atoms with Gasteiger partial charge < -0.3 is 10.2 Å². The van der Waals surface area contributed by atoms with E-state index in [1.165, 1.54) is 23.1 Å². The molecule has 1 fully saturated rings. The molecular weight excluding hydrogens is 423 g/mol. The third-order valence-electron chi connectivity index (χ3n) is 4.60. The van der Waals surface area contributed by atoms with Gasteiger partial charge in [-0.05, 0) is 30.3 Å². The molecule has 0 aliphatic carbocycles. The summed E-state index contributed by atoms with van der Waals surface area (Å²) in [5.74, 6) is -4.05. The second kappa shape index (κ2) is 8.84. The van der Waals surface area contributed by atoms with Crippen molar-refractivity contribution in [2.45, 2.75) is 4.90 Å². The van der Waals surface area contributed by atoms with E-state index in [0.717, 1.165) is 28.6 Å². The van der Waals surface area contributed by atoms with E-state index < -0.39 is 44.2 Å². The maximum Gasteiger partial charge on any atom is 0.251 e. The summed E-state index contributed by atoms with van der Waals surface area (Å²) in [5, 5.41) is 2.38. The van der Waals surface area contributed by atoms with Gasteiger partial charge in [0.25, 0.3) is 5.91 Å². The molecule has 160 valence electrons. The molecule has 0 atom stereocenters. The summed E-state index contributed by atoms with van der Waals surface area (Å²) in [5.41, 5.74) is 0.0608. The third kappa shape index (κ3) is 4.62. The normalized spacial score (nSPS) is 15.1. The summed E-state index contributed by atoms with van der Waals surface area (Å²) in [6, 6.07) is 7.76. The molecule has 0 spiro atoms. The first-order chi connectivity index (χ1) is 14.2. The molecular formula is C19H18F3N3O4S. The van der Waals surface area contributed by atoms with E-state index in [1.807, 2.05) is 0 Å². The Labute approximate surface area is 171 Å². The molecule has 0 radical (unpaired) electrons. The fourth-order valence-corrected chi connectivity index (χ4v) is 4.57. The minimum atomic E-state index is -4.40. The number of halogens is 3. The number of amides is 2. The monoisotopic (exact) mass is 441 g/mol. The topological polar surface area (TPSA) is 86.8 Å². The molecule has 1 heterocycles. The van der Waals surface area contributed by atoms with Crippen LogP contribution in [0.5, 0.6) is 0 Å². The van der Waals surface area contributed by atoms with Crippen LogP contribution >= 0.6 is 0 Å². The summed E-state index contributed by atoms with van der Waals surface area (Å²) in [6.07, 6.45) is 0. The van der Waals surface area contributed by atoms with E-state index >= 15 is 0 Å². The Balaban J connectivity index is 1.57. The van der Waals surface area contributed by atoms with E-state index in [9.17, 15) is 31.2 Å². The van der Waals surface area contributed by atoms with Crippen molar-refractivity contribution in [1.82, 2.24) is 14.5 Å². The van der Waals surface area contributed by atoms with Crippen LogP contribution in [0, 0.1) is 17.5 Å². The Morgan fingerprint density at radius 3 is 2.13 bits per heavy atom. The Morgan fingerprint density at radius 1 is 0.933 bits per heavy atom. The number of hydrogen-bond donors (Lipinski definition) is 1. The van der Waals surface area contributed by atoms with Gasteiger partial charge in [-0.15, -0.1) is 0 Å². The van der Waals surface area contributed by atoms with E-state index in [-0.39, 0.29) is 38.3 Å². The van der Waals surface area contributed by atoms with Gasteiger partial charge in [-0.2, -0.15) is 4.31 Å². The molecule has 1 aliphatic heterocycles. The molecule has 2 aromatic carbocycles. The molecule has 0 aromatic heterocycles. The number of sulfonamides is 1. The SMILES string of the molecule is O=C(NCC(=O)N1CCN(S(=O)(=O)c2c(F)cccc2F)CC1)c1cccc(F)c1. The first-order valence-electron chi connectivity index (χ1n) is 8.96. The zero-order chi connectivity index (χ0) is 21.9. The molecule has 30 heavy (non-hydrogen) atoms. The lowest BCUT2D eigenvalue weighted by Crippen LogP contribution is -2.52. The van der Waals surface area contributed by atoms with E-state index in [4.69, 9.17) is 0 Å². The highest BCUT2D eigenvalue weighted by atomic mass is 32.2. The van der Waals surface area contributed by atoms with Gasteiger partial charge >= 0.3 is 0 Å². The number of carbonyl (C=O) groups is 2. The van der Waals surface area contributed by atoms with Crippen molar-refractivity contribution in [2.75, 3.05) is 32.7 Å². The molecule has 0 unspecified atom stereocenters. The van der Waals surface area contributed by atoms with Crippen LogP contribution in [0.2, 0.25) is 0 Å². The van der Waals surface area contributed by atoms with Crippen LogP contribution in [0.15, 0.2) is 47.4 Å². The molecule has 2 amide bonds. The van der Waals surface area contributed by atoms with E-state index in [0.29, 0.717) is 0 Å². The molecule has 11 heteroatoms. The van der Waals surface area contributed by atoms with Crippen LogP contribution in [-0.4, -0.2) is 62.2 Å². The van der Waals surface area contributed by atoms with Crippen LogP contribution in [0.25, 0.3) is 0 Å². The van der Waals surface area contributed by atoms with Gasteiger partial charge in [0.2, 0.25) is 15.9 Å².